The predicted molar refractivity (Wildman–Crippen MR) is 117 cm³/mol. The molecule has 0 amide bonds. The second-order valence-corrected chi connectivity index (χ2v) is 6.31. The van der Waals surface area contributed by atoms with Crippen molar-refractivity contribution in [3.05, 3.63) is 66.6 Å². The van der Waals surface area contributed by atoms with Gasteiger partial charge < -0.3 is 21.4 Å². The van der Waals surface area contributed by atoms with Crippen LogP contribution in [0.25, 0.3) is 11.3 Å². The van der Waals surface area contributed by atoms with Gasteiger partial charge in [0.15, 0.2) is 0 Å². The van der Waals surface area contributed by atoms with Gasteiger partial charge in [-0.15, -0.1) is 17.3 Å². The number of benzene rings is 2. The van der Waals surface area contributed by atoms with E-state index in [1.807, 2.05) is 38.1 Å². The van der Waals surface area contributed by atoms with Gasteiger partial charge in [-0.1, -0.05) is 55.8 Å². The number of allylic oxidation sites excluding steroid dienone is 1. The Balaban J connectivity index is 0.000000931. The number of nitrogens with zero attached hydrogens (tertiary/aromatic N) is 1. The summed E-state index contributed by atoms with van der Waals surface area (Å²) in [5, 5.41) is 0. The monoisotopic (exact) mass is 420 g/mol. The van der Waals surface area contributed by atoms with Crippen molar-refractivity contribution in [2.45, 2.75) is 32.1 Å². The maximum atomic E-state index is 9.33. The number of ether oxygens (including phenoxy) is 1. The molecule has 1 heterocycles. The summed E-state index contributed by atoms with van der Waals surface area (Å²) in [5.74, 6) is 0.774. The molecule has 5 heteroatoms. The third-order valence-electron chi connectivity index (χ3n) is 3.53. The molecule has 3 rings (SSSR count). The van der Waals surface area contributed by atoms with Gasteiger partial charge >= 0.3 is 51.4 Å². The van der Waals surface area contributed by atoms with Crippen molar-refractivity contribution in [1.82, 2.24) is 0 Å². The summed E-state index contributed by atoms with van der Waals surface area (Å²) < 4.78 is 5.20. The smallest absolute Gasteiger partial charge is 0.497 e. The van der Waals surface area contributed by atoms with E-state index in [0.29, 0.717) is 0 Å². The number of rotatable bonds is 4. The first kappa shape index (κ1) is 27.2. The molecular weight excluding hydrogens is 393 g/mol. The third-order valence-corrected chi connectivity index (χ3v) is 4.28. The minimum Gasteiger partial charge on any atom is -0.497 e. The molecule has 0 spiro atoms. The van der Waals surface area contributed by atoms with E-state index in [4.69, 9.17) is 4.74 Å². The molecule has 144 valence electrons. The van der Waals surface area contributed by atoms with E-state index < -0.39 is 0 Å². The first-order chi connectivity index (χ1) is 13.0. The van der Waals surface area contributed by atoms with Crippen LogP contribution >= 0.6 is 11.8 Å². The second kappa shape index (κ2) is 15.1. The number of methoxy groups -OCH3 is 1. The summed E-state index contributed by atoms with van der Waals surface area (Å²) in [6.07, 6.45) is 5.94. The maximum absolute atomic E-state index is 9.33. The van der Waals surface area contributed by atoms with Crippen molar-refractivity contribution >= 4 is 35.0 Å². The van der Waals surface area contributed by atoms with E-state index in [-0.39, 0.29) is 57.2 Å². The number of ketones is 1. The van der Waals surface area contributed by atoms with Crippen molar-refractivity contribution < 1.29 is 60.9 Å². The Morgan fingerprint density at radius 3 is 2.04 bits per heavy atom. The first-order valence-electron chi connectivity index (χ1n) is 8.83. The van der Waals surface area contributed by atoms with Crippen LogP contribution in [0.3, 0.4) is 0 Å². The Morgan fingerprint density at radius 2 is 1.57 bits per heavy atom. The van der Waals surface area contributed by atoms with Crippen LogP contribution in [0.1, 0.15) is 38.3 Å². The molecule has 0 aliphatic carbocycles. The van der Waals surface area contributed by atoms with Crippen molar-refractivity contribution in [3.63, 3.8) is 0 Å². The number of Topliss-reactive ketones (excluding diaryl/α,β-unsaturated/α-hetero) is 1. The molecule has 2 aromatic rings. The molecule has 0 aromatic heterocycles. The molecule has 0 fully saturated rings. The number of carbonyl (C=O) groups is 1. The van der Waals surface area contributed by atoms with E-state index in [9.17, 15) is 4.79 Å². The summed E-state index contributed by atoms with van der Waals surface area (Å²) in [6.45, 7) is 8.42. The minimum atomic E-state index is -0.0833. The normalized spacial score (nSPS) is 11.5. The van der Waals surface area contributed by atoms with Crippen LogP contribution in [0.5, 0.6) is 5.75 Å². The fourth-order valence-electron chi connectivity index (χ4n) is 2.37. The number of hydrogen-bond donors (Lipinski definition) is 0. The molecular formula is C23H27KNO2S-. The van der Waals surface area contributed by atoms with Gasteiger partial charge in [-0.25, -0.2) is 0 Å². The fraction of sp³-hybridized carbons (Fsp3) is 0.261. The minimum absolute atomic E-state index is 0. The molecule has 2 aromatic carbocycles. The first-order valence-corrected chi connectivity index (χ1v) is 10.1. The van der Waals surface area contributed by atoms with Crippen LogP contribution in [-0.2, 0) is 4.79 Å². The standard InChI is InChI=1S/C18H16NOS.C3H5O.C2H6.K/c1-20-15-7-3-14(4-8-15)18-17(11-12-19-18)13-5-9-16(21-2)10-6-13;1-3(2)4;1-2;/h3-10H,11H2,1-2H3;1H2,2H3;1-2H3;/q2*-1;;+1. The van der Waals surface area contributed by atoms with Crippen molar-refractivity contribution in [3.8, 4) is 5.75 Å². The number of carbonyl (C=O) groups excluding carboxylic acids is 1. The molecule has 0 atom stereocenters. The van der Waals surface area contributed by atoms with Gasteiger partial charge in [0.2, 0.25) is 0 Å². The molecule has 0 radical (unpaired) electrons. The topological polar surface area (TPSA) is 38.7 Å². The molecule has 0 bridgehead atoms. The Morgan fingerprint density at radius 1 is 1.07 bits per heavy atom. The van der Waals surface area contributed by atoms with Crippen LogP contribution in [0.4, 0.5) is 0 Å². The van der Waals surface area contributed by atoms with Crippen LogP contribution in [0, 0.1) is 6.92 Å². The Hall–Kier alpha value is -0.824. The maximum Gasteiger partial charge on any atom is 1.00 e. The van der Waals surface area contributed by atoms with Crippen molar-refractivity contribution in [2.24, 2.45) is 4.99 Å². The summed E-state index contributed by atoms with van der Waals surface area (Å²) in [4.78, 5) is 15.1. The Kier molecular flexibility index (Phi) is 14.6. The molecule has 0 unspecified atom stereocenters. The zero-order chi connectivity index (χ0) is 20.2. The van der Waals surface area contributed by atoms with Gasteiger partial charge in [0.05, 0.1) is 7.11 Å². The SMILES string of the molecule is CC.COc1ccc(C2=C(c3ccc(SC)cc3)C[C-]=N2)cc1.[CH2-]C(C)=O.[K+]. The molecule has 1 aliphatic heterocycles. The van der Waals surface area contributed by atoms with Gasteiger partial charge in [-0.3, -0.25) is 0 Å². The van der Waals surface area contributed by atoms with Gasteiger partial charge in [0.25, 0.3) is 0 Å². The molecule has 1 aliphatic rings. The van der Waals surface area contributed by atoms with Crippen LogP contribution in [-0.4, -0.2) is 25.4 Å². The zero-order valence-corrected chi connectivity index (χ0v) is 21.6. The average Bonchev–Trinajstić information content (AvgIpc) is 3.19. The van der Waals surface area contributed by atoms with E-state index in [2.05, 4.69) is 48.7 Å². The van der Waals surface area contributed by atoms with Gasteiger partial charge in [-0.05, 0) is 48.8 Å². The summed E-state index contributed by atoms with van der Waals surface area (Å²) in [7, 11) is 1.68. The molecule has 3 nitrogen and oxygen atoms in total. The average molecular weight is 421 g/mol. The predicted octanol–water partition coefficient (Wildman–Crippen LogP) is 3.08. The summed E-state index contributed by atoms with van der Waals surface area (Å²) in [6, 6.07) is 16.6. The van der Waals surface area contributed by atoms with Gasteiger partial charge in [0.1, 0.15) is 5.75 Å². The summed E-state index contributed by atoms with van der Waals surface area (Å²) in [5.41, 5.74) is 4.56. The second-order valence-electron chi connectivity index (χ2n) is 5.43. The quantitative estimate of drug-likeness (QED) is 0.433. The van der Waals surface area contributed by atoms with Gasteiger partial charge in [-0.2, -0.15) is 6.21 Å². The van der Waals surface area contributed by atoms with Crippen LogP contribution in [0.2, 0.25) is 0 Å². The Labute approximate surface area is 216 Å². The van der Waals surface area contributed by atoms with Crippen LogP contribution in [0.15, 0.2) is 58.4 Å². The Bertz CT molecular complexity index is 777. The molecule has 0 saturated heterocycles. The van der Waals surface area contributed by atoms with E-state index in [0.717, 1.165) is 23.4 Å². The number of hydrogen-bond acceptors (Lipinski definition) is 4. The van der Waals surface area contributed by atoms with E-state index in [1.54, 1.807) is 18.9 Å². The van der Waals surface area contributed by atoms with Crippen LogP contribution < -0.4 is 56.1 Å². The summed E-state index contributed by atoms with van der Waals surface area (Å²) >= 11 is 1.75. The third kappa shape index (κ3) is 8.68. The molecule has 28 heavy (non-hydrogen) atoms. The van der Waals surface area contributed by atoms with Crippen molar-refractivity contribution in [1.29, 1.82) is 0 Å². The van der Waals surface area contributed by atoms with Gasteiger partial charge in [0, 0.05) is 4.90 Å². The largest absolute Gasteiger partial charge is 1.00 e. The van der Waals surface area contributed by atoms with E-state index >= 15 is 0 Å². The number of aliphatic imine (C=N–C) groups is 1. The molecule has 0 N–H and O–H groups in total. The van der Waals surface area contributed by atoms with E-state index in [1.165, 1.54) is 23.0 Å². The number of thioether (sulfide) groups is 1. The zero-order valence-electron chi connectivity index (χ0n) is 17.7. The fourth-order valence-corrected chi connectivity index (χ4v) is 2.78. The molecule has 0 saturated carbocycles. The van der Waals surface area contributed by atoms with Crippen molar-refractivity contribution in [2.75, 3.05) is 13.4 Å².